The zero-order valence-electron chi connectivity index (χ0n) is 9.93. The number of ether oxygens (including phenoxy) is 1. The SMILES string of the molecule is CC[C@@H](OC)n1cc(C#CCN)c(N)nc1=O. The van der Waals surface area contributed by atoms with Crippen LogP contribution in [0.1, 0.15) is 25.1 Å². The topological polar surface area (TPSA) is 96.2 Å². The second kappa shape index (κ2) is 6.03. The maximum Gasteiger partial charge on any atom is 0.351 e. The van der Waals surface area contributed by atoms with Gasteiger partial charge in [-0.05, 0) is 6.42 Å². The van der Waals surface area contributed by atoms with Crippen molar-refractivity contribution in [2.24, 2.45) is 5.73 Å². The van der Waals surface area contributed by atoms with Gasteiger partial charge in [0, 0.05) is 13.3 Å². The van der Waals surface area contributed by atoms with E-state index in [4.69, 9.17) is 16.2 Å². The van der Waals surface area contributed by atoms with Crippen molar-refractivity contribution in [1.82, 2.24) is 9.55 Å². The van der Waals surface area contributed by atoms with Crippen LogP contribution in [-0.2, 0) is 4.74 Å². The lowest BCUT2D eigenvalue weighted by Gasteiger charge is -2.16. The molecule has 0 amide bonds. The summed E-state index contributed by atoms with van der Waals surface area (Å²) >= 11 is 0. The number of nitrogens with zero attached hydrogens (tertiary/aromatic N) is 2. The zero-order valence-corrected chi connectivity index (χ0v) is 9.93. The van der Waals surface area contributed by atoms with Crippen LogP contribution >= 0.6 is 0 Å². The standard InChI is InChI=1S/C11H16N4O2/c1-3-9(17-2)15-7-8(5-4-6-12)10(13)14-11(15)16/h7,9H,3,6,12H2,1-2H3,(H2,13,14,16)/t9-/m1/s1. The molecule has 0 radical (unpaired) electrons. The monoisotopic (exact) mass is 236 g/mol. The molecule has 0 fully saturated rings. The van der Waals surface area contributed by atoms with E-state index in [9.17, 15) is 4.79 Å². The van der Waals surface area contributed by atoms with Gasteiger partial charge in [0.15, 0.2) is 0 Å². The maximum atomic E-state index is 11.6. The first kappa shape index (κ1) is 13.2. The Balaban J connectivity index is 3.27. The fourth-order valence-corrected chi connectivity index (χ4v) is 1.41. The van der Waals surface area contributed by atoms with Gasteiger partial charge in [0.05, 0.1) is 12.1 Å². The molecule has 17 heavy (non-hydrogen) atoms. The third-order valence-electron chi connectivity index (χ3n) is 2.24. The lowest BCUT2D eigenvalue weighted by Crippen LogP contribution is -2.28. The van der Waals surface area contributed by atoms with E-state index in [-0.39, 0.29) is 18.6 Å². The highest BCUT2D eigenvalue weighted by Crippen LogP contribution is 2.11. The number of hydrogen-bond donors (Lipinski definition) is 2. The molecule has 1 rings (SSSR count). The van der Waals surface area contributed by atoms with Crippen LogP contribution in [0.3, 0.4) is 0 Å². The fraction of sp³-hybridized carbons (Fsp3) is 0.455. The molecule has 1 heterocycles. The van der Waals surface area contributed by atoms with E-state index < -0.39 is 5.69 Å². The highest BCUT2D eigenvalue weighted by atomic mass is 16.5. The molecular formula is C11H16N4O2. The number of hydrogen-bond acceptors (Lipinski definition) is 5. The third kappa shape index (κ3) is 3.06. The molecule has 0 aliphatic carbocycles. The minimum Gasteiger partial charge on any atom is -0.382 e. The smallest absolute Gasteiger partial charge is 0.351 e. The summed E-state index contributed by atoms with van der Waals surface area (Å²) in [7, 11) is 1.53. The number of nitrogen functional groups attached to an aromatic ring is 1. The highest BCUT2D eigenvalue weighted by Gasteiger charge is 2.11. The molecule has 0 aromatic carbocycles. The number of methoxy groups -OCH3 is 1. The largest absolute Gasteiger partial charge is 0.382 e. The van der Waals surface area contributed by atoms with E-state index in [1.807, 2.05) is 6.92 Å². The van der Waals surface area contributed by atoms with Crippen molar-refractivity contribution in [3.63, 3.8) is 0 Å². The Morgan fingerprint density at radius 1 is 1.65 bits per heavy atom. The van der Waals surface area contributed by atoms with E-state index in [2.05, 4.69) is 16.8 Å². The minimum absolute atomic E-state index is 0.109. The molecule has 0 aliphatic rings. The first-order valence-electron chi connectivity index (χ1n) is 5.24. The highest BCUT2D eigenvalue weighted by molar-refractivity contribution is 5.49. The van der Waals surface area contributed by atoms with Gasteiger partial charge in [-0.2, -0.15) is 4.98 Å². The second-order valence-corrected chi connectivity index (χ2v) is 3.33. The predicted octanol–water partition coefficient (Wildman–Crippen LogP) is -0.309. The van der Waals surface area contributed by atoms with E-state index in [1.54, 1.807) is 6.20 Å². The lowest BCUT2D eigenvalue weighted by molar-refractivity contribution is 0.0371. The Kier molecular flexibility index (Phi) is 4.69. The van der Waals surface area contributed by atoms with Crippen LogP contribution < -0.4 is 17.2 Å². The van der Waals surface area contributed by atoms with Crippen molar-refractivity contribution in [1.29, 1.82) is 0 Å². The van der Waals surface area contributed by atoms with Crippen molar-refractivity contribution in [3.8, 4) is 11.8 Å². The van der Waals surface area contributed by atoms with Gasteiger partial charge in [0.25, 0.3) is 0 Å². The summed E-state index contributed by atoms with van der Waals surface area (Å²) in [6, 6.07) is 0. The van der Waals surface area contributed by atoms with Crippen LogP contribution in [0.25, 0.3) is 0 Å². The fourth-order valence-electron chi connectivity index (χ4n) is 1.41. The molecule has 0 unspecified atom stereocenters. The molecule has 6 nitrogen and oxygen atoms in total. The van der Waals surface area contributed by atoms with Crippen molar-refractivity contribution in [3.05, 3.63) is 22.2 Å². The van der Waals surface area contributed by atoms with Crippen molar-refractivity contribution in [2.75, 3.05) is 19.4 Å². The normalized spacial score (nSPS) is 11.7. The summed E-state index contributed by atoms with van der Waals surface area (Å²) < 4.78 is 6.55. The van der Waals surface area contributed by atoms with Gasteiger partial charge in [-0.3, -0.25) is 4.57 Å². The molecule has 92 valence electrons. The summed E-state index contributed by atoms with van der Waals surface area (Å²) in [5.74, 6) is 5.54. The van der Waals surface area contributed by atoms with Crippen LogP contribution in [-0.4, -0.2) is 23.2 Å². The zero-order chi connectivity index (χ0) is 12.8. The van der Waals surface area contributed by atoms with Crippen molar-refractivity contribution < 1.29 is 4.74 Å². The molecule has 1 aromatic rings. The van der Waals surface area contributed by atoms with Crippen LogP contribution in [0.15, 0.2) is 11.0 Å². The maximum absolute atomic E-state index is 11.6. The van der Waals surface area contributed by atoms with E-state index in [0.29, 0.717) is 12.0 Å². The van der Waals surface area contributed by atoms with Crippen LogP contribution in [0.4, 0.5) is 5.82 Å². The summed E-state index contributed by atoms with van der Waals surface area (Å²) in [5, 5.41) is 0. The Labute approximate surface area is 99.6 Å². The Morgan fingerprint density at radius 3 is 2.88 bits per heavy atom. The van der Waals surface area contributed by atoms with Gasteiger partial charge in [0.2, 0.25) is 0 Å². The molecule has 1 atom stereocenters. The van der Waals surface area contributed by atoms with Crippen LogP contribution in [0.2, 0.25) is 0 Å². The number of nitrogens with two attached hydrogens (primary N) is 2. The molecule has 1 aromatic heterocycles. The molecule has 0 bridgehead atoms. The Bertz CT molecular complexity index is 494. The molecule has 4 N–H and O–H groups in total. The second-order valence-electron chi connectivity index (χ2n) is 3.33. The van der Waals surface area contributed by atoms with Gasteiger partial charge in [-0.1, -0.05) is 18.8 Å². The molecule has 6 heteroatoms. The average molecular weight is 236 g/mol. The molecule has 0 saturated carbocycles. The summed E-state index contributed by atoms with van der Waals surface area (Å²) in [4.78, 5) is 15.3. The molecule has 0 saturated heterocycles. The Hall–Kier alpha value is -1.84. The molecular weight excluding hydrogens is 220 g/mol. The third-order valence-corrected chi connectivity index (χ3v) is 2.24. The van der Waals surface area contributed by atoms with Gasteiger partial charge in [-0.25, -0.2) is 4.79 Å². The van der Waals surface area contributed by atoms with Gasteiger partial charge in [-0.15, -0.1) is 0 Å². The van der Waals surface area contributed by atoms with Crippen molar-refractivity contribution >= 4 is 5.82 Å². The lowest BCUT2D eigenvalue weighted by atomic mass is 10.3. The van der Waals surface area contributed by atoms with Gasteiger partial charge >= 0.3 is 5.69 Å². The van der Waals surface area contributed by atoms with E-state index in [1.165, 1.54) is 11.7 Å². The average Bonchev–Trinajstić information content (AvgIpc) is 2.31. The summed E-state index contributed by atoms with van der Waals surface area (Å²) in [6.07, 6.45) is 1.82. The Morgan fingerprint density at radius 2 is 2.35 bits per heavy atom. The number of anilines is 1. The van der Waals surface area contributed by atoms with E-state index in [0.717, 1.165) is 0 Å². The predicted molar refractivity (Wildman–Crippen MR) is 65.2 cm³/mol. The van der Waals surface area contributed by atoms with E-state index >= 15 is 0 Å². The quantitative estimate of drug-likeness (QED) is 0.702. The molecule has 0 spiro atoms. The molecule has 0 aliphatic heterocycles. The van der Waals surface area contributed by atoms with Gasteiger partial charge < -0.3 is 16.2 Å². The summed E-state index contributed by atoms with van der Waals surface area (Å²) in [6.45, 7) is 2.13. The van der Waals surface area contributed by atoms with Crippen LogP contribution in [0, 0.1) is 11.8 Å². The van der Waals surface area contributed by atoms with Crippen LogP contribution in [0.5, 0.6) is 0 Å². The minimum atomic E-state index is -0.450. The first-order valence-corrected chi connectivity index (χ1v) is 5.24. The van der Waals surface area contributed by atoms with Gasteiger partial charge in [0.1, 0.15) is 12.0 Å². The number of rotatable bonds is 3. The number of aromatic nitrogens is 2. The summed E-state index contributed by atoms with van der Waals surface area (Å²) in [5.41, 5.74) is 10.9. The first-order chi connectivity index (χ1) is 8.13. The van der Waals surface area contributed by atoms with Crippen molar-refractivity contribution in [2.45, 2.75) is 19.6 Å².